The molecule has 5 rings (SSSR count). The minimum atomic E-state index is -0.589. The highest BCUT2D eigenvalue weighted by Gasteiger charge is 2.44. The van der Waals surface area contributed by atoms with Crippen molar-refractivity contribution in [2.75, 3.05) is 19.9 Å². The summed E-state index contributed by atoms with van der Waals surface area (Å²) in [6.07, 6.45) is 0.363. The van der Waals surface area contributed by atoms with Crippen molar-refractivity contribution < 1.29 is 24.1 Å². The quantitative estimate of drug-likeness (QED) is 0.842. The molecular formula is C23H22N2O5. The van der Waals surface area contributed by atoms with Crippen molar-refractivity contribution >= 4 is 5.91 Å². The molecule has 2 aromatic rings. The van der Waals surface area contributed by atoms with Gasteiger partial charge in [-0.05, 0) is 55.0 Å². The van der Waals surface area contributed by atoms with Gasteiger partial charge in [-0.25, -0.2) is 0 Å². The Labute approximate surface area is 174 Å². The summed E-state index contributed by atoms with van der Waals surface area (Å²) in [5.74, 6) is 2.44. The Hall–Kier alpha value is -3.24. The Morgan fingerprint density at radius 3 is 2.73 bits per heavy atom. The number of hydrogen-bond donors (Lipinski definition) is 1. The zero-order valence-corrected chi connectivity index (χ0v) is 16.4. The van der Waals surface area contributed by atoms with E-state index in [-0.39, 0.29) is 30.6 Å². The average molecular weight is 406 g/mol. The lowest BCUT2D eigenvalue weighted by molar-refractivity contribution is -0.0232. The minimum Gasteiger partial charge on any atom is -0.488 e. The molecule has 1 saturated carbocycles. The molecule has 1 N–H and O–H groups in total. The predicted octanol–water partition coefficient (Wildman–Crippen LogP) is 2.58. The summed E-state index contributed by atoms with van der Waals surface area (Å²) in [5, 5.41) is 19.7. The van der Waals surface area contributed by atoms with E-state index in [9.17, 15) is 9.90 Å². The lowest BCUT2D eigenvalue weighted by atomic mass is 9.78. The Morgan fingerprint density at radius 1 is 1.10 bits per heavy atom. The van der Waals surface area contributed by atoms with Gasteiger partial charge in [0.05, 0.1) is 17.7 Å². The van der Waals surface area contributed by atoms with E-state index in [1.54, 1.807) is 36.4 Å². The highest BCUT2D eigenvalue weighted by molar-refractivity contribution is 5.94. The molecule has 1 amide bonds. The zero-order valence-electron chi connectivity index (χ0n) is 16.4. The summed E-state index contributed by atoms with van der Waals surface area (Å²) in [6, 6.07) is 14.3. The van der Waals surface area contributed by atoms with Gasteiger partial charge >= 0.3 is 0 Å². The van der Waals surface area contributed by atoms with Gasteiger partial charge in [0.1, 0.15) is 11.9 Å². The molecule has 2 fully saturated rings. The van der Waals surface area contributed by atoms with Crippen molar-refractivity contribution in [3.63, 3.8) is 0 Å². The van der Waals surface area contributed by atoms with Crippen LogP contribution in [0.3, 0.4) is 0 Å². The van der Waals surface area contributed by atoms with E-state index in [0.717, 1.165) is 0 Å². The predicted molar refractivity (Wildman–Crippen MR) is 106 cm³/mol. The second kappa shape index (κ2) is 7.54. The fourth-order valence-corrected chi connectivity index (χ4v) is 4.71. The molecule has 30 heavy (non-hydrogen) atoms. The van der Waals surface area contributed by atoms with Crippen LogP contribution in [0.25, 0.3) is 0 Å². The Morgan fingerprint density at radius 2 is 1.90 bits per heavy atom. The molecule has 0 unspecified atom stereocenters. The van der Waals surface area contributed by atoms with Crippen LogP contribution in [-0.4, -0.2) is 48.0 Å². The van der Waals surface area contributed by atoms with Crippen molar-refractivity contribution in [2.24, 2.45) is 11.8 Å². The van der Waals surface area contributed by atoms with E-state index >= 15 is 0 Å². The largest absolute Gasteiger partial charge is 0.488 e. The number of nitrogens with zero attached hydrogens (tertiary/aromatic N) is 2. The number of amides is 1. The molecule has 154 valence electrons. The molecule has 1 aliphatic carbocycles. The van der Waals surface area contributed by atoms with E-state index in [2.05, 4.69) is 6.07 Å². The van der Waals surface area contributed by atoms with E-state index in [1.807, 2.05) is 11.0 Å². The summed E-state index contributed by atoms with van der Waals surface area (Å²) >= 11 is 0. The van der Waals surface area contributed by atoms with Crippen LogP contribution >= 0.6 is 0 Å². The summed E-state index contributed by atoms with van der Waals surface area (Å²) in [6.45, 7) is 1.46. The van der Waals surface area contributed by atoms with Crippen LogP contribution in [0.1, 0.15) is 28.8 Å². The maximum atomic E-state index is 12.9. The van der Waals surface area contributed by atoms with Crippen LogP contribution in [0.2, 0.25) is 0 Å². The highest BCUT2D eigenvalue weighted by Crippen LogP contribution is 2.40. The van der Waals surface area contributed by atoms with Crippen molar-refractivity contribution in [3.8, 4) is 23.3 Å². The number of benzene rings is 2. The highest BCUT2D eigenvalue weighted by atomic mass is 16.7. The second-order valence-electron chi connectivity index (χ2n) is 8.13. The Kier molecular flexibility index (Phi) is 4.72. The lowest BCUT2D eigenvalue weighted by Crippen LogP contribution is -2.42. The third-order valence-corrected chi connectivity index (χ3v) is 6.24. The first kappa shape index (κ1) is 18.8. The summed E-state index contributed by atoms with van der Waals surface area (Å²) in [5.41, 5.74) is 1.01. The number of rotatable bonds is 3. The third-order valence-electron chi connectivity index (χ3n) is 6.24. The normalized spacial score (nSPS) is 26.7. The van der Waals surface area contributed by atoms with Crippen LogP contribution < -0.4 is 14.2 Å². The molecule has 0 spiro atoms. The standard InChI is InChI=1S/C23H22N2O5/c24-10-14-2-1-3-15(6-14)23(27)25-11-16-7-19(26)21(8-17(16)12-25)30-18-4-5-20-22(9-18)29-13-28-20/h1-6,9,16-17,19,21,26H,7-8,11-13H2/t16-,17+,19+,21+/m0/s1. The van der Waals surface area contributed by atoms with Gasteiger partial charge in [0.25, 0.3) is 5.91 Å². The monoisotopic (exact) mass is 406 g/mol. The van der Waals surface area contributed by atoms with Crippen molar-refractivity contribution in [2.45, 2.75) is 25.0 Å². The van der Waals surface area contributed by atoms with E-state index in [4.69, 9.17) is 19.5 Å². The van der Waals surface area contributed by atoms with E-state index < -0.39 is 6.10 Å². The first-order chi connectivity index (χ1) is 14.6. The second-order valence-corrected chi connectivity index (χ2v) is 8.13. The van der Waals surface area contributed by atoms with Gasteiger partial charge < -0.3 is 24.2 Å². The fourth-order valence-electron chi connectivity index (χ4n) is 4.71. The molecule has 0 bridgehead atoms. The zero-order chi connectivity index (χ0) is 20.7. The van der Waals surface area contributed by atoms with E-state index in [0.29, 0.717) is 54.3 Å². The van der Waals surface area contributed by atoms with Crippen molar-refractivity contribution in [1.82, 2.24) is 4.90 Å². The van der Waals surface area contributed by atoms with Crippen LogP contribution in [0.5, 0.6) is 17.2 Å². The smallest absolute Gasteiger partial charge is 0.253 e. The van der Waals surface area contributed by atoms with Gasteiger partial charge in [0, 0.05) is 24.7 Å². The molecule has 2 aromatic carbocycles. The van der Waals surface area contributed by atoms with Crippen LogP contribution in [0, 0.1) is 23.2 Å². The molecule has 7 nitrogen and oxygen atoms in total. The molecule has 2 heterocycles. The first-order valence-electron chi connectivity index (χ1n) is 10.1. The molecule has 7 heteroatoms. The minimum absolute atomic E-state index is 0.0655. The topological polar surface area (TPSA) is 92.0 Å². The molecule has 1 saturated heterocycles. The van der Waals surface area contributed by atoms with Crippen LogP contribution in [0.4, 0.5) is 0 Å². The maximum absolute atomic E-state index is 12.9. The van der Waals surface area contributed by atoms with Crippen molar-refractivity contribution in [1.29, 1.82) is 5.26 Å². The van der Waals surface area contributed by atoms with Crippen LogP contribution in [-0.2, 0) is 0 Å². The summed E-state index contributed by atoms with van der Waals surface area (Å²) in [7, 11) is 0. The first-order valence-corrected chi connectivity index (χ1v) is 10.1. The number of ether oxygens (including phenoxy) is 3. The number of hydrogen-bond acceptors (Lipinski definition) is 6. The van der Waals surface area contributed by atoms with Gasteiger partial charge in [-0.3, -0.25) is 4.79 Å². The number of carbonyl (C=O) groups is 1. The van der Waals surface area contributed by atoms with Gasteiger partial charge in [0.15, 0.2) is 11.5 Å². The van der Waals surface area contributed by atoms with Gasteiger partial charge in [-0.1, -0.05) is 6.07 Å². The summed E-state index contributed by atoms with van der Waals surface area (Å²) in [4.78, 5) is 14.8. The Bertz CT molecular complexity index is 1020. The molecule has 0 aromatic heterocycles. The lowest BCUT2D eigenvalue weighted by Gasteiger charge is -2.35. The third kappa shape index (κ3) is 3.44. The number of carbonyl (C=O) groups excluding carboxylic acids is 1. The van der Waals surface area contributed by atoms with Crippen LogP contribution in [0.15, 0.2) is 42.5 Å². The number of nitriles is 1. The number of fused-ring (bicyclic) bond motifs is 2. The molecule has 2 aliphatic heterocycles. The molecular weight excluding hydrogens is 384 g/mol. The van der Waals surface area contributed by atoms with Gasteiger partial charge in [-0.15, -0.1) is 0 Å². The number of aliphatic hydroxyl groups excluding tert-OH is 1. The van der Waals surface area contributed by atoms with Gasteiger partial charge in [0.2, 0.25) is 6.79 Å². The SMILES string of the molecule is N#Cc1cccc(C(=O)N2C[C@H]3C[C@@H](Oc4ccc5c(c4)OCO5)[C@H](O)C[C@H]3C2)c1. The van der Waals surface area contributed by atoms with Crippen molar-refractivity contribution in [3.05, 3.63) is 53.6 Å². The molecule has 3 aliphatic rings. The average Bonchev–Trinajstić information content (AvgIpc) is 3.39. The molecule has 0 radical (unpaired) electrons. The summed E-state index contributed by atoms with van der Waals surface area (Å²) < 4.78 is 16.8. The maximum Gasteiger partial charge on any atom is 0.253 e. The fraction of sp³-hybridized carbons (Fsp3) is 0.391. The van der Waals surface area contributed by atoms with E-state index in [1.165, 1.54) is 0 Å². The molecule has 4 atom stereocenters. The Balaban J connectivity index is 1.26. The number of likely N-dealkylation sites (tertiary alicyclic amines) is 1. The van der Waals surface area contributed by atoms with Gasteiger partial charge in [-0.2, -0.15) is 5.26 Å². The number of aliphatic hydroxyl groups is 1.